The van der Waals surface area contributed by atoms with Crippen molar-refractivity contribution in [2.45, 2.75) is 33.4 Å². The fraction of sp³-hybridized carbons (Fsp3) is 0.571. The Morgan fingerprint density at radius 3 is 2.56 bits per heavy atom. The van der Waals surface area contributed by atoms with Crippen molar-refractivity contribution in [1.29, 1.82) is 0 Å². The van der Waals surface area contributed by atoms with Gasteiger partial charge in [-0.1, -0.05) is 35.8 Å². The maximum absolute atomic E-state index is 13.6. The Hall–Kier alpha value is -0.450. The summed E-state index contributed by atoms with van der Waals surface area (Å²) in [5, 5.41) is 6.70. The summed E-state index contributed by atoms with van der Waals surface area (Å²) in [6.45, 7) is 8.94. The highest BCUT2D eigenvalue weighted by molar-refractivity contribution is 9.10. The highest BCUT2D eigenvalue weighted by atomic mass is 79.9. The minimum absolute atomic E-state index is 0.167. The van der Waals surface area contributed by atoms with Crippen LogP contribution >= 0.6 is 15.9 Å². The van der Waals surface area contributed by atoms with Crippen LogP contribution in [-0.2, 0) is 6.54 Å². The zero-order chi connectivity index (χ0) is 13.5. The maximum Gasteiger partial charge on any atom is 0.128 e. The van der Waals surface area contributed by atoms with E-state index < -0.39 is 0 Å². The number of nitrogens with one attached hydrogen (secondary N) is 2. The van der Waals surface area contributed by atoms with Crippen molar-refractivity contribution < 1.29 is 4.39 Å². The lowest BCUT2D eigenvalue weighted by molar-refractivity contribution is 0.467. The first-order chi connectivity index (χ1) is 8.49. The molecule has 102 valence electrons. The van der Waals surface area contributed by atoms with Crippen molar-refractivity contribution >= 4 is 15.9 Å². The molecule has 0 saturated carbocycles. The summed E-state index contributed by atoms with van der Waals surface area (Å²) < 4.78 is 14.3. The molecule has 0 saturated heterocycles. The second kappa shape index (κ2) is 7.87. The molecule has 2 N–H and O–H groups in total. The zero-order valence-electron chi connectivity index (χ0n) is 11.3. The van der Waals surface area contributed by atoms with E-state index in [1.165, 1.54) is 6.07 Å². The molecule has 0 fully saturated rings. The molecular formula is C14H22BrFN2. The highest BCUT2D eigenvalue weighted by Gasteiger charge is 2.05. The Labute approximate surface area is 117 Å². The van der Waals surface area contributed by atoms with Gasteiger partial charge in [-0.2, -0.15) is 0 Å². The topological polar surface area (TPSA) is 24.1 Å². The van der Waals surface area contributed by atoms with Crippen LogP contribution in [0.1, 0.15) is 26.3 Å². The molecule has 0 aromatic heterocycles. The molecule has 1 rings (SSSR count). The Kier molecular flexibility index (Phi) is 6.82. The molecule has 0 radical (unpaired) electrons. The number of hydrogen-bond donors (Lipinski definition) is 2. The molecule has 0 aliphatic rings. The Morgan fingerprint density at radius 1 is 1.22 bits per heavy atom. The molecule has 0 aliphatic heterocycles. The SMILES string of the molecule is CC(C)CNCC(C)NCc1ccc(Br)cc1F. The lowest BCUT2D eigenvalue weighted by atomic mass is 10.2. The highest BCUT2D eigenvalue weighted by Crippen LogP contribution is 2.15. The van der Waals surface area contributed by atoms with Crippen LogP contribution in [0.2, 0.25) is 0 Å². The van der Waals surface area contributed by atoms with Crippen molar-refractivity contribution in [2.24, 2.45) is 5.92 Å². The first-order valence-electron chi connectivity index (χ1n) is 6.37. The predicted octanol–water partition coefficient (Wildman–Crippen LogP) is 3.31. The third-order valence-corrected chi connectivity index (χ3v) is 3.15. The van der Waals surface area contributed by atoms with Crippen molar-refractivity contribution in [3.63, 3.8) is 0 Å². The molecule has 1 aromatic rings. The van der Waals surface area contributed by atoms with Gasteiger partial charge in [0, 0.05) is 29.2 Å². The van der Waals surface area contributed by atoms with Gasteiger partial charge in [0.2, 0.25) is 0 Å². The van der Waals surface area contributed by atoms with Crippen molar-refractivity contribution in [3.8, 4) is 0 Å². The molecule has 4 heteroatoms. The van der Waals surface area contributed by atoms with Crippen LogP contribution < -0.4 is 10.6 Å². The average Bonchev–Trinajstić information content (AvgIpc) is 2.27. The van der Waals surface area contributed by atoms with Crippen LogP contribution in [-0.4, -0.2) is 19.1 Å². The van der Waals surface area contributed by atoms with E-state index in [0.717, 1.165) is 17.6 Å². The minimum Gasteiger partial charge on any atom is -0.315 e. The Balaban J connectivity index is 2.31. The van der Waals surface area contributed by atoms with E-state index >= 15 is 0 Å². The van der Waals surface area contributed by atoms with Gasteiger partial charge in [-0.15, -0.1) is 0 Å². The van der Waals surface area contributed by atoms with Crippen LogP contribution in [0.5, 0.6) is 0 Å². The number of halogens is 2. The smallest absolute Gasteiger partial charge is 0.128 e. The molecule has 0 amide bonds. The minimum atomic E-state index is -0.167. The molecular weight excluding hydrogens is 295 g/mol. The van der Waals surface area contributed by atoms with E-state index in [-0.39, 0.29) is 5.82 Å². The van der Waals surface area contributed by atoms with E-state index in [1.54, 1.807) is 6.07 Å². The van der Waals surface area contributed by atoms with E-state index in [1.807, 2.05) is 6.07 Å². The van der Waals surface area contributed by atoms with Gasteiger partial charge in [-0.05, 0) is 31.5 Å². The van der Waals surface area contributed by atoms with E-state index in [9.17, 15) is 4.39 Å². The summed E-state index contributed by atoms with van der Waals surface area (Å²) in [6, 6.07) is 5.49. The third kappa shape index (κ3) is 5.94. The number of hydrogen-bond acceptors (Lipinski definition) is 2. The van der Waals surface area contributed by atoms with Crippen molar-refractivity contribution in [2.75, 3.05) is 13.1 Å². The van der Waals surface area contributed by atoms with Gasteiger partial charge in [0.15, 0.2) is 0 Å². The molecule has 2 nitrogen and oxygen atoms in total. The standard InChI is InChI=1S/C14H22BrFN2/c1-10(2)7-17-8-11(3)18-9-12-4-5-13(15)6-14(12)16/h4-6,10-11,17-18H,7-9H2,1-3H3. The summed E-state index contributed by atoms with van der Waals surface area (Å²) in [5.74, 6) is 0.486. The van der Waals surface area contributed by atoms with E-state index in [0.29, 0.717) is 24.1 Å². The largest absolute Gasteiger partial charge is 0.315 e. The number of rotatable bonds is 7. The maximum atomic E-state index is 13.6. The third-order valence-electron chi connectivity index (χ3n) is 2.66. The summed E-state index contributed by atoms with van der Waals surface area (Å²) in [4.78, 5) is 0. The van der Waals surface area contributed by atoms with Crippen molar-refractivity contribution in [1.82, 2.24) is 10.6 Å². The second-order valence-electron chi connectivity index (χ2n) is 5.07. The fourth-order valence-corrected chi connectivity index (χ4v) is 1.94. The summed E-state index contributed by atoms with van der Waals surface area (Å²) >= 11 is 3.25. The molecule has 0 spiro atoms. The second-order valence-corrected chi connectivity index (χ2v) is 5.99. The molecule has 1 unspecified atom stereocenters. The molecule has 1 atom stereocenters. The Morgan fingerprint density at radius 2 is 1.94 bits per heavy atom. The van der Waals surface area contributed by atoms with Crippen LogP contribution in [0, 0.1) is 11.7 Å². The first-order valence-corrected chi connectivity index (χ1v) is 7.16. The van der Waals surface area contributed by atoms with E-state index in [2.05, 4.69) is 47.3 Å². The molecule has 0 bridgehead atoms. The summed E-state index contributed by atoms with van der Waals surface area (Å²) in [5.41, 5.74) is 0.703. The van der Waals surface area contributed by atoms with Gasteiger partial charge >= 0.3 is 0 Å². The molecule has 18 heavy (non-hydrogen) atoms. The predicted molar refractivity (Wildman–Crippen MR) is 78.1 cm³/mol. The monoisotopic (exact) mass is 316 g/mol. The average molecular weight is 317 g/mol. The summed E-state index contributed by atoms with van der Waals surface area (Å²) in [6.07, 6.45) is 0. The van der Waals surface area contributed by atoms with Gasteiger partial charge in [0.05, 0.1) is 0 Å². The lowest BCUT2D eigenvalue weighted by Gasteiger charge is -2.16. The quantitative estimate of drug-likeness (QED) is 0.806. The van der Waals surface area contributed by atoms with Gasteiger partial charge < -0.3 is 10.6 Å². The first kappa shape index (κ1) is 15.6. The fourth-order valence-electron chi connectivity index (χ4n) is 1.61. The van der Waals surface area contributed by atoms with Crippen molar-refractivity contribution in [3.05, 3.63) is 34.1 Å². The normalized spacial score (nSPS) is 13.0. The molecule has 1 aromatic carbocycles. The van der Waals surface area contributed by atoms with Gasteiger partial charge in [-0.3, -0.25) is 0 Å². The van der Waals surface area contributed by atoms with Crippen LogP contribution in [0.4, 0.5) is 4.39 Å². The summed E-state index contributed by atoms with van der Waals surface area (Å²) in [7, 11) is 0. The zero-order valence-corrected chi connectivity index (χ0v) is 12.8. The number of benzene rings is 1. The van der Waals surface area contributed by atoms with Crippen LogP contribution in [0.15, 0.2) is 22.7 Å². The molecule has 0 aliphatic carbocycles. The van der Waals surface area contributed by atoms with Gasteiger partial charge in [-0.25, -0.2) is 4.39 Å². The van der Waals surface area contributed by atoms with E-state index in [4.69, 9.17) is 0 Å². The molecule has 0 heterocycles. The van der Waals surface area contributed by atoms with Gasteiger partial charge in [0.25, 0.3) is 0 Å². The Bertz CT molecular complexity index is 369. The lowest BCUT2D eigenvalue weighted by Crippen LogP contribution is -2.37. The van der Waals surface area contributed by atoms with Crippen LogP contribution in [0.3, 0.4) is 0 Å². The van der Waals surface area contributed by atoms with Crippen LogP contribution in [0.25, 0.3) is 0 Å². The van der Waals surface area contributed by atoms with Gasteiger partial charge in [0.1, 0.15) is 5.82 Å².